The highest BCUT2D eigenvalue weighted by molar-refractivity contribution is 5.90. The number of Topliss-reactive ketones (excluding diaryl/α,β-unsaturated/α-hetero) is 1. The average Bonchev–Trinajstić information content (AvgIpc) is 2.53. The van der Waals surface area contributed by atoms with Crippen molar-refractivity contribution >= 4 is 11.9 Å². The van der Waals surface area contributed by atoms with Crippen LogP contribution in [0.1, 0.15) is 58.9 Å². The molecule has 0 saturated heterocycles. The van der Waals surface area contributed by atoms with Crippen LogP contribution in [0.15, 0.2) is 30.3 Å². The summed E-state index contributed by atoms with van der Waals surface area (Å²) in [6.45, 7) is 7.52. The van der Waals surface area contributed by atoms with E-state index in [9.17, 15) is 9.59 Å². The van der Waals surface area contributed by atoms with E-state index in [1.807, 2.05) is 30.3 Å². The lowest BCUT2D eigenvalue weighted by molar-refractivity contribution is -0.126. The summed E-state index contributed by atoms with van der Waals surface area (Å²) in [6.07, 6.45) is 2.19. The van der Waals surface area contributed by atoms with E-state index in [1.54, 1.807) is 20.8 Å². The van der Waals surface area contributed by atoms with Gasteiger partial charge in [0.2, 0.25) is 0 Å². The summed E-state index contributed by atoms with van der Waals surface area (Å²) >= 11 is 0. The van der Waals surface area contributed by atoms with Gasteiger partial charge in [-0.15, -0.1) is 0 Å². The van der Waals surface area contributed by atoms with Gasteiger partial charge >= 0.3 is 6.09 Å². The lowest BCUT2D eigenvalue weighted by Gasteiger charge is -2.39. The van der Waals surface area contributed by atoms with Gasteiger partial charge in [0.05, 0.1) is 12.7 Å². The Kier molecular flexibility index (Phi) is 6.22. The highest BCUT2D eigenvalue weighted by Gasteiger charge is 2.41. The highest BCUT2D eigenvalue weighted by Crippen LogP contribution is 2.31. The minimum absolute atomic E-state index is 0.0279. The molecular formula is C20H29NO4. The quantitative estimate of drug-likeness (QED) is 0.874. The largest absolute Gasteiger partial charge is 0.444 e. The number of carbonyl (C=O) groups excluding carboxylic acids is 2. The molecular weight excluding hydrogens is 318 g/mol. The molecule has 0 aliphatic heterocycles. The third-order valence-electron chi connectivity index (χ3n) is 4.53. The first-order chi connectivity index (χ1) is 11.7. The molecule has 0 radical (unpaired) electrons. The molecule has 2 rings (SSSR count). The summed E-state index contributed by atoms with van der Waals surface area (Å²) in [5.74, 6) is -0.0279. The molecule has 1 saturated carbocycles. The smallest absolute Gasteiger partial charge is 0.408 e. The monoisotopic (exact) mass is 347 g/mol. The summed E-state index contributed by atoms with van der Waals surface area (Å²) in [5.41, 5.74) is -0.287. The first-order valence-electron chi connectivity index (χ1n) is 8.88. The van der Waals surface area contributed by atoms with Crippen molar-refractivity contribution in [1.29, 1.82) is 0 Å². The number of amides is 1. The van der Waals surface area contributed by atoms with E-state index in [0.717, 1.165) is 18.4 Å². The SMILES string of the molecule is CC(=O)C1(NC(=O)OC(C)(C)C)CCC(OCc2ccccc2)CC1. The number of nitrogens with one attached hydrogen (secondary N) is 1. The van der Waals surface area contributed by atoms with Crippen molar-refractivity contribution in [3.63, 3.8) is 0 Å². The fourth-order valence-corrected chi connectivity index (χ4v) is 3.10. The Morgan fingerprint density at radius 3 is 2.28 bits per heavy atom. The molecule has 0 unspecified atom stereocenters. The molecule has 1 amide bonds. The van der Waals surface area contributed by atoms with Gasteiger partial charge in [-0.25, -0.2) is 4.79 Å². The molecule has 1 fully saturated rings. The van der Waals surface area contributed by atoms with Crippen LogP contribution in [0.2, 0.25) is 0 Å². The van der Waals surface area contributed by atoms with Gasteiger partial charge in [0.25, 0.3) is 0 Å². The number of ketones is 1. The fourth-order valence-electron chi connectivity index (χ4n) is 3.10. The average molecular weight is 347 g/mol. The second-order valence-electron chi connectivity index (χ2n) is 7.76. The Labute approximate surface area is 150 Å². The summed E-state index contributed by atoms with van der Waals surface area (Å²) in [7, 11) is 0. The van der Waals surface area contributed by atoms with Gasteiger partial charge in [0.15, 0.2) is 5.78 Å². The summed E-state index contributed by atoms with van der Waals surface area (Å²) in [5, 5.41) is 2.82. The maximum Gasteiger partial charge on any atom is 0.408 e. The lowest BCUT2D eigenvalue weighted by atomic mass is 9.78. The number of rotatable bonds is 5. The first kappa shape index (κ1) is 19.4. The molecule has 5 heteroatoms. The van der Waals surface area contributed by atoms with E-state index >= 15 is 0 Å². The van der Waals surface area contributed by atoms with Crippen molar-refractivity contribution in [2.24, 2.45) is 0 Å². The molecule has 138 valence electrons. The van der Waals surface area contributed by atoms with Gasteiger partial charge in [-0.1, -0.05) is 30.3 Å². The second-order valence-corrected chi connectivity index (χ2v) is 7.76. The van der Waals surface area contributed by atoms with E-state index in [2.05, 4.69) is 5.32 Å². The van der Waals surface area contributed by atoms with E-state index in [4.69, 9.17) is 9.47 Å². The zero-order chi connectivity index (χ0) is 18.5. The van der Waals surface area contributed by atoms with Gasteiger partial charge in [-0.05, 0) is 58.9 Å². The normalized spacial score (nSPS) is 23.8. The van der Waals surface area contributed by atoms with Crippen LogP contribution in [-0.4, -0.2) is 29.1 Å². The molecule has 0 atom stereocenters. The maximum atomic E-state index is 12.2. The summed E-state index contributed by atoms with van der Waals surface area (Å²) in [4.78, 5) is 24.3. The standard InChI is InChI=1S/C20H29NO4/c1-15(22)20(21-18(23)25-19(2,3)4)12-10-17(11-13-20)24-14-16-8-6-5-7-9-16/h5-9,17H,10-14H2,1-4H3,(H,21,23). The molecule has 1 N–H and O–H groups in total. The minimum Gasteiger partial charge on any atom is -0.444 e. The second kappa shape index (κ2) is 8.00. The number of ether oxygens (including phenoxy) is 2. The van der Waals surface area contributed by atoms with Crippen LogP contribution in [0, 0.1) is 0 Å². The van der Waals surface area contributed by atoms with Crippen molar-refractivity contribution in [1.82, 2.24) is 5.32 Å². The van der Waals surface area contributed by atoms with Crippen LogP contribution in [-0.2, 0) is 20.9 Å². The van der Waals surface area contributed by atoms with Crippen LogP contribution < -0.4 is 5.32 Å². The molecule has 1 aliphatic rings. The summed E-state index contributed by atoms with van der Waals surface area (Å²) in [6, 6.07) is 10.0. The molecule has 1 aliphatic carbocycles. The number of hydrogen-bond donors (Lipinski definition) is 1. The van der Waals surface area contributed by atoms with Crippen LogP contribution in [0.25, 0.3) is 0 Å². The van der Waals surface area contributed by atoms with Crippen molar-refractivity contribution < 1.29 is 19.1 Å². The zero-order valence-electron chi connectivity index (χ0n) is 15.6. The number of alkyl carbamates (subject to hydrolysis) is 1. The molecule has 25 heavy (non-hydrogen) atoms. The molecule has 5 nitrogen and oxygen atoms in total. The third kappa shape index (κ3) is 5.85. The zero-order valence-corrected chi connectivity index (χ0v) is 15.6. The van der Waals surface area contributed by atoms with E-state index in [-0.39, 0.29) is 11.9 Å². The summed E-state index contributed by atoms with van der Waals surface area (Å²) < 4.78 is 11.3. The minimum atomic E-state index is -0.838. The Bertz CT molecular complexity index is 583. The number of hydrogen-bond acceptors (Lipinski definition) is 4. The topological polar surface area (TPSA) is 64.6 Å². The lowest BCUT2D eigenvalue weighted by Crippen LogP contribution is -2.57. The fraction of sp³-hybridized carbons (Fsp3) is 0.600. The van der Waals surface area contributed by atoms with Crippen LogP contribution >= 0.6 is 0 Å². The number of carbonyl (C=O) groups is 2. The predicted octanol–water partition coefficient (Wildman–Crippen LogP) is 4.00. The molecule has 0 spiro atoms. The Morgan fingerprint density at radius 1 is 1.16 bits per heavy atom. The van der Waals surface area contributed by atoms with Gasteiger partial charge in [0.1, 0.15) is 11.1 Å². The van der Waals surface area contributed by atoms with Crippen molar-refractivity contribution in [2.45, 2.75) is 77.2 Å². The van der Waals surface area contributed by atoms with Crippen molar-refractivity contribution in [3.8, 4) is 0 Å². The molecule has 1 aromatic carbocycles. The highest BCUT2D eigenvalue weighted by atomic mass is 16.6. The van der Waals surface area contributed by atoms with Crippen molar-refractivity contribution in [2.75, 3.05) is 0 Å². The predicted molar refractivity (Wildman–Crippen MR) is 96.3 cm³/mol. The molecule has 1 aromatic rings. The Morgan fingerprint density at radius 2 is 1.76 bits per heavy atom. The maximum absolute atomic E-state index is 12.2. The van der Waals surface area contributed by atoms with Gasteiger partial charge in [-0.3, -0.25) is 4.79 Å². The number of benzene rings is 1. The van der Waals surface area contributed by atoms with E-state index < -0.39 is 17.2 Å². The third-order valence-corrected chi connectivity index (χ3v) is 4.53. The Balaban J connectivity index is 1.89. The van der Waals surface area contributed by atoms with Crippen LogP contribution in [0.3, 0.4) is 0 Å². The first-order valence-corrected chi connectivity index (χ1v) is 8.88. The van der Waals surface area contributed by atoms with Crippen LogP contribution in [0.4, 0.5) is 4.79 Å². The van der Waals surface area contributed by atoms with Gasteiger partial charge in [0, 0.05) is 0 Å². The Hall–Kier alpha value is -1.88. The molecule has 0 heterocycles. The van der Waals surface area contributed by atoms with Gasteiger partial charge in [-0.2, -0.15) is 0 Å². The molecule has 0 aromatic heterocycles. The van der Waals surface area contributed by atoms with Crippen LogP contribution in [0.5, 0.6) is 0 Å². The van der Waals surface area contributed by atoms with E-state index in [0.29, 0.717) is 19.4 Å². The van der Waals surface area contributed by atoms with Gasteiger partial charge < -0.3 is 14.8 Å². The van der Waals surface area contributed by atoms with Crippen molar-refractivity contribution in [3.05, 3.63) is 35.9 Å². The van der Waals surface area contributed by atoms with E-state index in [1.165, 1.54) is 6.92 Å². The molecule has 0 bridgehead atoms.